The quantitative estimate of drug-likeness (QED) is 0.711. The summed E-state index contributed by atoms with van der Waals surface area (Å²) in [7, 11) is 0. The summed E-state index contributed by atoms with van der Waals surface area (Å²) in [6.45, 7) is 4.68. The molecule has 1 aromatic carbocycles. The van der Waals surface area contributed by atoms with Crippen LogP contribution in [0.25, 0.3) is 22.1 Å². The second-order valence-corrected chi connectivity index (χ2v) is 7.29. The monoisotopic (exact) mass is 390 g/mol. The van der Waals surface area contributed by atoms with Crippen LogP contribution in [-0.4, -0.2) is 35.1 Å². The zero-order valence-corrected chi connectivity index (χ0v) is 16.0. The van der Waals surface area contributed by atoms with Crippen LogP contribution in [0.1, 0.15) is 19.8 Å². The number of hydrogen-bond donors (Lipinski definition) is 2. The predicted molar refractivity (Wildman–Crippen MR) is 106 cm³/mol. The first kappa shape index (κ1) is 19.4. The number of nitrogens with zero attached hydrogens (tertiary/aromatic N) is 2. The topological polar surface area (TPSA) is 89.2 Å². The van der Waals surface area contributed by atoms with Gasteiger partial charge in [0.1, 0.15) is 17.6 Å². The van der Waals surface area contributed by atoms with Crippen molar-refractivity contribution in [2.75, 3.05) is 19.6 Å². The van der Waals surface area contributed by atoms with E-state index in [2.05, 4.69) is 22.5 Å². The first-order valence-electron chi connectivity index (χ1n) is 8.90. The normalized spacial score (nSPS) is 16.2. The van der Waals surface area contributed by atoms with Crippen molar-refractivity contribution in [3.8, 4) is 0 Å². The van der Waals surface area contributed by atoms with Crippen LogP contribution in [-0.2, 0) is 11.3 Å². The van der Waals surface area contributed by atoms with Crippen molar-refractivity contribution in [2.45, 2.75) is 26.3 Å². The number of halogens is 1. The molecule has 3 heterocycles. The van der Waals surface area contributed by atoms with Gasteiger partial charge in [0, 0.05) is 11.9 Å². The second kappa shape index (κ2) is 7.70. The SMILES string of the molecule is CC1(CNC(=O)Cn2cnc3c(oc4ccccc43)c2=O)CCNCC1.Cl. The van der Waals surface area contributed by atoms with Gasteiger partial charge in [-0.3, -0.25) is 14.2 Å². The summed E-state index contributed by atoms with van der Waals surface area (Å²) in [4.78, 5) is 29.3. The summed E-state index contributed by atoms with van der Waals surface area (Å²) in [5.41, 5.74) is 1.10. The standard InChI is InChI=1S/C19H22N4O3.ClH/c1-19(6-8-20-9-7-19)11-21-15(24)10-23-12-22-16-13-4-2-3-5-14(13)26-17(16)18(23)25;/h2-5,12,20H,6-11H2,1H3,(H,21,24);1H. The van der Waals surface area contributed by atoms with E-state index in [-0.39, 0.29) is 41.4 Å². The fraction of sp³-hybridized carbons (Fsp3) is 0.421. The highest BCUT2D eigenvalue weighted by Gasteiger charge is 2.27. The van der Waals surface area contributed by atoms with Crippen LogP contribution in [0, 0.1) is 5.41 Å². The van der Waals surface area contributed by atoms with Crippen molar-refractivity contribution in [1.29, 1.82) is 0 Å². The highest BCUT2D eigenvalue weighted by Crippen LogP contribution is 2.26. The number of furan rings is 1. The molecule has 2 aromatic heterocycles. The van der Waals surface area contributed by atoms with Crippen molar-refractivity contribution in [3.05, 3.63) is 40.9 Å². The number of carbonyl (C=O) groups is 1. The molecule has 0 atom stereocenters. The first-order valence-corrected chi connectivity index (χ1v) is 8.90. The number of carbonyl (C=O) groups excluding carboxylic acids is 1. The van der Waals surface area contributed by atoms with Crippen molar-refractivity contribution in [1.82, 2.24) is 20.2 Å². The Morgan fingerprint density at radius 3 is 2.85 bits per heavy atom. The Balaban J connectivity index is 0.00000210. The lowest BCUT2D eigenvalue weighted by Gasteiger charge is -2.34. The maximum atomic E-state index is 12.6. The van der Waals surface area contributed by atoms with Crippen LogP contribution in [0.5, 0.6) is 0 Å². The van der Waals surface area contributed by atoms with Gasteiger partial charge in [-0.05, 0) is 43.5 Å². The van der Waals surface area contributed by atoms with Gasteiger partial charge in [0.05, 0.1) is 6.33 Å². The number of piperidine rings is 1. The molecule has 0 bridgehead atoms. The lowest BCUT2D eigenvalue weighted by Crippen LogP contribution is -2.44. The number of fused-ring (bicyclic) bond motifs is 3. The Morgan fingerprint density at radius 1 is 1.33 bits per heavy atom. The predicted octanol–water partition coefficient (Wildman–Crippen LogP) is 2.07. The molecule has 0 saturated carbocycles. The van der Waals surface area contributed by atoms with E-state index in [0.717, 1.165) is 31.3 Å². The van der Waals surface area contributed by atoms with Crippen LogP contribution < -0.4 is 16.2 Å². The number of benzene rings is 1. The fourth-order valence-corrected chi connectivity index (χ4v) is 3.46. The third-order valence-corrected chi connectivity index (χ3v) is 5.19. The molecule has 144 valence electrons. The third kappa shape index (κ3) is 3.84. The molecule has 3 aromatic rings. The summed E-state index contributed by atoms with van der Waals surface area (Å²) >= 11 is 0. The second-order valence-electron chi connectivity index (χ2n) is 7.29. The van der Waals surface area contributed by atoms with E-state index in [9.17, 15) is 9.59 Å². The molecule has 8 heteroatoms. The molecule has 4 rings (SSSR count). The summed E-state index contributed by atoms with van der Waals surface area (Å²) in [5, 5.41) is 7.09. The molecule has 0 unspecified atom stereocenters. The Hall–Kier alpha value is -2.38. The van der Waals surface area contributed by atoms with E-state index in [1.807, 2.05) is 18.2 Å². The van der Waals surface area contributed by atoms with Crippen molar-refractivity contribution >= 4 is 40.4 Å². The number of hydrogen-bond acceptors (Lipinski definition) is 5. The van der Waals surface area contributed by atoms with E-state index in [1.54, 1.807) is 6.07 Å². The third-order valence-electron chi connectivity index (χ3n) is 5.19. The molecule has 1 aliphatic rings. The molecule has 0 spiro atoms. The zero-order valence-electron chi connectivity index (χ0n) is 15.2. The summed E-state index contributed by atoms with van der Waals surface area (Å²) in [5.74, 6) is -0.191. The largest absolute Gasteiger partial charge is 0.448 e. The average molecular weight is 391 g/mol. The van der Waals surface area contributed by atoms with Gasteiger partial charge in [0.25, 0.3) is 5.56 Å². The van der Waals surface area contributed by atoms with E-state index < -0.39 is 0 Å². The molecule has 1 fully saturated rings. The van der Waals surface area contributed by atoms with Gasteiger partial charge in [-0.25, -0.2) is 4.98 Å². The minimum atomic E-state index is -0.338. The highest BCUT2D eigenvalue weighted by molar-refractivity contribution is 6.01. The lowest BCUT2D eigenvalue weighted by atomic mass is 9.81. The molecule has 7 nitrogen and oxygen atoms in total. The van der Waals surface area contributed by atoms with Crippen molar-refractivity contribution < 1.29 is 9.21 Å². The number of para-hydroxylation sites is 1. The van der Waals surface area contributed by atoms with Gasteiger partial charge in [0.2, 0.25) is 11.5 Å². The van der Waals surface area contributed by atoms with Gasteiger partial charge in [-0.1, -0.05) is 19.1 Å². The maximum Gasteiger partial charge on any atom is 0.297 e. The van der Waals surface area contributed by atoms with Crippen LogP contribution in [0.4, 0.5) is 0 Å². The van der Waals surface area contributed by atoms with E-state index in [4.69, 9.17) is 4.42 Å². The average Bonchev–Trinajstić information content (AvgIpc) is 3.03. The van der Waals surface area contributed by atoms with Crippen LogP contribution in [0.3, 0.4) is 0 Å². The van der Waals surface area contributed by atoms with E-state index in [1.165, 1.54) is 10.9 Å². The Kier molecular flexibility index (Phi) is 5.53. The van der Waals surface area contributed by atoms with Gasteiger partial charge < -0.3 is 15.1 Å². The molecule has 27 heavy (non-hydrogen) atoms. The lowest BCUT2D eigenvalue weighted by molar-refractivity contribution is -0.122. The number of rotatable bonds is 4. The zero-order chi connectivity index (χ0) is 18.1. The van der Waals surface area contributed by atoms with Gasteiger partial charge in [-0.2, -0.15) is 0 Å². The molecular weight excluding hydrogens is 368 g/mol. The molecule has 0 radical (unpaired) electrons. The smallest absolute Gasteiger partial charge is 0.297 e. The highest BCUT2D eigenvalue weighted by atomic mass is 35.5. The van der Waals surface area contributed by atoms with Crippen LogP contribution in [0.2, 0.25) is 0 Å². The number of aromatic nitrogens is 2. The van der Waals surface area contributed by atoms with E-state index in [0.29, 0.717) is 17.6 Å². The van der Waals surface area contributed by atoms with E-state index >= 15 is 0 Å². The minimum absolute atomic E-state index is 0. The van der Waals surface area contributed by atoms with Crippen LogP contribution in [0.15, 0.2) is 39.8 Å². The fourth-order valence-electron chi connectivity index (χ4n) is 3.46. The Bertz CT molecular complexity index is 1020. The molecule has 0 aliphatic carbocycles. The molecule has 2 N–H and O–H groups in total. The van der Waals surface area contributed by atoms with Gasteiger partial charge >= 0.3 is 0 Å². The first-order chi connectivity index (χ1) is 12.6. The van der Waals surface area contributed by atoms with Gasteiger partial charge in [-0.15, -0.1) is 12.4 Å². The summed E-state index contributed by atoms with van der Waals surface area (Å²) in [6.07, 6.45) is 3.47. The number of nitrogens with one attached hydrogen (secondary N) is 2. The Morgan fingerprint density at radius 2 is 2.07 bits per heavy atom. The molecule has 1 aliphatic heterocycles. The van der Waals surface area contributed by atoms with Crippen molar-refractivity contribution in [2.24, 2.45) is 5.41 Å². The number of amides is 1. The minimum Gasteiger partial charge on any atom is -0.448 e. The summed E-state index contributed by atoms with van der Waals surface area (Å²) in [6, 6.07) is 7.38. The summed E-state index contributed by atoms with van der Waals surface area (Å²) < 4.78 is 6.94. The van der Waals surface area contributed by atoms with Gasteiger partial charge in [0.15, 0.2) is 0 Å². The van der Waals surface area contributed by atoms with Crippen LogP contribution >= 0.6 is 12.4 Å². The maximum absolute atomic E-state index is 12.6. The van der Waals surface area contributed by atoms with Crippen molar-refractivity contribution in [3.63, 3.8) is 0 Å². The molecule has 1 saturated heterocycles. The molecular formula is C19H23ClN4O3. The Labute approximate surface area is 162 Å². The molecule has 1 amide bonds.